The molecule has 3 aromatic carbocycles. The Morgan fingerprint density at radius 1 is 0.953 bits per heavy atom. The van der Waals surface area contributed by atoms with Crippen molar-refractivity contribution in [1.82, 2.24) is 10.2 Å². The van der Waals surface area contributed by atoms with Crippen molar-refractivity contribution >= 4 is 62.3 Å². The summed E-state index contributed by atoms with van der Waals surface area (Å²) in [4.78, 5) is 28.8. The summed E-state index contributed by atoms with van der Waals surface area (Å²) < 4.78 is 34.5. The van der Waals surface area contributed by atoms with E-state index in [0.29, 0.717) is 33.0 Å². The molecular weight excluding hydrogens is 633 g/mol. The SMILES string of the molecule is CCOc1ccc(N(CC(=O)N(Cc2ccc(Cl)c(Cl)c2)[C@H](C)C(=O)NC2CCCC2)S(=O)(=O)c2ccc(Cl)cc2)cc1. The number of amides is 2. The monoisotopic (exact) mass is 665 g/mol. The van der Waals surface area contributed by atoms with Crippen LogP contribution < -0.4 is 14.4 Å². The maximum atomic E-state index is 14.1. The number of carbonyl (C=O) groups is 2. The molecule has 230 valence electrons. The van der Waals surface area contributed by atoms with Crippen molar-refractivity contribution in [3.63, 3.8) is 0 Å². The molecule has 0 heterocycles. The molecule has 1 N–H and O–H groups in total. The molecule has 12 heteroatoms. The Labute approximate surface area is 267 Å². The van der Waals surface area contributed by atoms with E-state index in [-0.39, 0.29) is 29.1 Å². The van der Waals surface area contributed by atoms with Gasteiger partial charge in [-0.2, -0.15) is 0 Å². The van der Waals surface area contributed by atoms with E-state index in [9.17, 15) is 18.0 Å². The van der Waals surface area contributed by atoms with E-state index in [4.69, 9.17) is 39.5 Å². The summed E-state index contributed by atoms with van der Waals surface area (Å²) in [6.45, 7) is 3.36. The van der Waals surface area contributed by atoms with E-state index in [1.54, 1.807) is 49.4 Å². The molecule has 1 fully saturated rings. The zero-order valence-electron chi connectivity index (χ0n) is 23.9. The first-order chi connectivity index (χ1) is 20.5. The first-order valence-electron chi connectivity index (χ1n) is 14.0. The van der Waals surface area contributed by atoms with Crippen molar-refractivity contribution in [2.45, 2.75) is 63.1 Å². The normalized spacial score (nSPS) is 14.3. The van der Waals surface area contributed by atoms with E-state index in [1.165, 1.54) is 29.2 Å². The number of nitrogens with zero attached hydrogens (tertiary/aromatic N) is 2. The highest BCUT2D eigenvalue weighted by Crippen LogP contribution is 2.28. The molecule has 0 aliphatic heterocycles. The average molecular weight is 667 g/mol. The molecule has 3 aromatic rings. The summed E-state index contributed by atoms with van der Waals surface area (Å²) in [6.07, 6.45) is 3.82. The number of ether oxygens (including phenoxy) is 1. The summed E-state index contributed by atoms with van der Waals surface area (Å²) >= 11 is 18.4. The molecule has 0 spiro atoms. The lowest BCUT2D eigenvalue weighted by atomic mass is 10.1. The molecule has 0 aromatic heterocycles. The Balaban J connectivity index is 1.70. The van der Waals surface area contributed by atoms with Crippen LogP contribution in [-0.4, -0.2) is 50.4 Å². The van der Waals surface area contributed by atoms with Crippen LogP contribution in [0.25, 0.3) is 0 Å². The Bertz CT molecular complexity index is 1530. The van der Waals surface area contributed by atoms with Gasteiger partial charge in [-0.25, -0.2) is 8.42 Å². The number of carbonyl (C=O) groups excluding carboxylic acids is 2. The van der Waals surface area contributed by atoms with Gasteiger partial charge in [0.05, 0.1) is 27.2 Å². The zero-order valence-corrected chi connectivity index (χ0v) is 27.0. The maximum absolute atomic E-state index is 14.1. The van der Waals surface area contributed by atoms with Crippen molar-refractivity contribution in [3.05, 3.63) is 87.4 Å². The van der Waals surface area contributed by atoms with Gasteiger partial charge in [-0.3, -0.25) is 13.9 Å². The van der Waals surface area contributed by atoms with E-state index in [1.807, 2.05) is 6.92 Å². The van der Waals surface area contributed by atoms with Gasteiger partial charge in [0.25, 0.3) is 10.0 Å². The second kappa shape index (κ2) is 14.7. The smallest absolute Gasteiger partial charge is 0.264 e. The number of rotatable bonds is 12. The van der Waals surface area contributed by atoms with Gasteiger partial charge in [0.1, 0.15) is 18.3 Å². The molecule has 1 atom stereocenters. The van der Waals surface area contributed by atoms with Gasteiger partial charge in [0.2, 0.25) is 11.8 Å². The third-order valence-electron chi connectivity index (χ3n) is 7.32. The van der Waals surface area contributed by atoms with E-state index in [2.05, 4.69) is 5.32 Å². The standard InChI is InChI=1S/C31H34Cl3N3O5S/c1-3-42-26-13-11-25(12-14-26)37(43(40,41)27-15-9-23(32)10-16-27)20-30(38)36(19-22-8-17-28(33)29(34)18-22)21(2)31(39)35-24-6-4-5-7-24/h8-18,21,24H,3-7,19-20H2,1-2H3,(H,35,39)/t21-/m1/s1. The molecule has 0 saturated heterocycles. The second-order valence-electron chi connectivity index (χ2n) is 10.3. The fourth-order valence-electron chi connectivity index (χ4n) is 4.95. The van der Waals surface area contributed by atoms with E-state index < -0.39 is 28.5 Å². The average Bonchev–Trinajstić information content (AvgIpc) is 3.50. The number of sulfonamides is 1. The molecule has 1 saturated carbocycles. The predicted molar refractivity (Wildman–Crippen MR) is 170 cm³/mol. The lowest BCUT2D eigenvalue weighted by Gasteiger charge is -2.32. The van der Waals surface area contributed by atoms with Gasteiger partial charge in [0, 0.05) is 17.6 Å². The Morgan fingerprint density at radius 2 is 1.60 bits per heavy atom. The summed E-state index contributed by atoms with van der Waals surface area (Å²) in [5.74, 6) is -0.333. The maximum Gasteiger partial charge on any atom is 0.264 e. The van der Waals surface area contributed by atoms with Crippen LogP contribution in [0.2, 0.25) is 15.1 Å². The topological polar surface area (TPSA) is 96.0 Å². The summed E-state index contributed by atoms with van der Waals surface area (Å²) in [5.41, 5.74) is 0.890. The van der Waals surface area contributed by atoms with Gasteiger partial charge in [-0.05, 0) is 92.9 Å². The molecule has 43 heavy (non-hydrogen) atoms. The van der Waals surface area contributed by atoms with Gasteiger partial charge in [-0.1, -0.05) is 53.7 Å². The molecular formula is C31H34Cl3N3O5S. The van der Waals surface area contributed by atoms with Crippen molar-refractivity contribution < 1.29 is 22.7 Å². The van der Waals surface area contributed by atoms with Crippen LogP contribution >= 0.6 is 34.8 Å². The molecule has 0 unspecified atom stereocenters. The minimum absolute atomic E-state index is 0.00703. The highest BCUT2D eigenvalue weighted by atomic mass is 35.5. The van der Waals surface area contributed by atoms with Crippen LogP contribution in [0.4, 0.5) is 5.69 Å². The minimum atomic E-state index is -4.23. The fraction of sp³-hybridized carbons (Fsp3) is 0.355. The molecule has 4 rings (SSSR count). The number of nitrogens with one attached hydrogen (secondary N) is 1. The minimum Gasteiger partial charge on any atom is -0.494 e. The van der Waals surface area contributed by atoms with Gasteiger partial charge in [0.15, 0.2) is 0 Å². The zero-order chi connectivity index (χ0) is 31.1. The second-order valence-corrected chi connectivity index (χ2v) is 13.4. The van der Waals surface area contributed by atoms with Crippen LogP contribution in [0.5, 0.6) is 5.75 Å². The Morgan fingerprint density at radius 3 is 2.21 bits per heavy atom. The first-order valence-corrected chi connectivity index (χ1v) is 16.6. The first kappa shape index (κ1) is 32.9. The van der Waals surface area contributed by atoms with Crippen LogP contribution in [0.1, 0.15) is 45.1 Å². The van der Waals surface area contributed by atoms with Gasteiger partial charge < -0.3 is 15.0 Å². The predicted octanol–water partition coefficient (Wildman–Crippen LogP) is 6.72. The number of halogens is 3. The van der Waals surface area contributed by atoms with E-state index in [0.717, 1.165) is 30.0 Å². The van der Waals surface area contributed by atoms with Crippen molar-refractivity contribution in [2.75, 3.05) is 17.5 Å². The van der Waals surface area contributed by atoms with Crippen LogP contribution in [0.3, 0.4) is 0 Å². The summed E-state index contributed by atoms with van der Waals surface area (Å²) in [5, 5.41) is 4.07. The summed E-state index contributed by atoms with van der Waals surface area (Å²) in [7, 11) is -4.23. The van der Waals surface area contributed by atoms with Crippen molar-refractivity contribution in [3.8, 4) is 5.75 Å². The largest absolute Gasteiger partial charge is 0.494 e. The lowest BCUT2D eigenvalue weighted by Crippen LogP contribution is -2.52. The Hall–Kier alpha value is -2.98. The van der Waals surface area contributed by atoms with Crippen LogP contribution in [0.15, 0.2) is 71.6 Å². The number of benzene rings is 3. The third-order valence-corrected chi connectivity index (χ3v) is 10.1. The highest BCUT2D eigenvalue weighted by Gasteiger charge is 2.33. The van der Waals surface area contributed by atoms with Crippen molar-refractivity contribution in [1.29, 1.82) is 0 Å². The summed E-state index contributed by atoms with van der Waals surface area (Å²) in [6, 6.07) is 16.2. The van der Waals surface area contributed by atoms with Gasteiger partial charge >= 0.3 is 0 Å². The number of anilines is 1. The fourth-order valence-corrected chi connectivity index (χ4v) is 6.81. The molecule has 1 aliphatic rings. The highest BCUT2D eigenvalue weighted by molar-refractivity contribution is 7.92. The lowest BCUT2D eigenvalue weighted by molar-refractivity contribution is -0.139. The van der Waals surface area contributed by atoms with Gasteiger partial charge in [-0.15, -0.1) is 0 Å². The van der Waals surface area contributed by atoms with E-state index >= 15 is 0 Å². The third kappa shape index (κ3) is 8.35. The van der Waals surface area contributed by atoms with Crippen molar-refractivity contribution in [2.24, 2.45) is 0 Å². The molecule has 0 bridgehead atoms. The number of hydrogen-bond acceptors (Lipinski definition) is 5. The van der Waals surface area contributed by atoms with Crippen LogP contribution in [0, 0.1) is 0 Å². The number of hydrogen-bond donors (Lipinski definition) is 1. The Kier molecular flexibility index (Phi) is 11.2. The molecule has 2 amide bonds. The molecule has 8 nitrogen and oxygen atoms in total. The molecule has 1 aliphatic carbocycles. The quantitative estimate of drug-likeness (QED) is 0.232. The van der Waals surface area contributed by atoms with Crippen LogP contribution in [-0.2, 0) is 26.2 Å². The molecule has 0 radical (unpaired) electrons.